The summed E-state index contributed by atoms with van der Waals surface area (Å²) in [5, 5.41) is 10.6. The molecule has 0 radical (unpaired) electrons. The number of rotatable bonds is 11. The molecule has 0 atom stereocenters. The molecule has 2 aliphatic heterocycles. The van der Waals surface area contributed by atoms with E-state index < -0.39 is 45.9 Å². The van der Waals surface area contributed by atoms with Crippen molar-refractivity contribution in [1.29, 1.82) is 5.41 Å². The highest BCUT2D eigenvalue weighted by Crippen LogP contribution is 2.45. The van der Waals surface area contributed by atoms with Gasteiger partial charge in [-0.1, -0.05) is 31.2 Å². The number of allylic oxidation sites excluding steroid dienone is 1. The Morgan fingerprint density at radius 2 is 1.54 bits per heavy atom. The highest BCUT2D eigenvalue weighted by Gasteiger charge is 2.51. The van der Waals surface area contributed by atoms with Crippen LogP contribution in [0.3, 0.4) is 0 Å². The number of benzene rings is 2. The molecule has 1 saturated carbocycles. The SMILES string of the molecule is CC1(CO/C(C(=O)Nc2cc(F)cc(F)c2)=C(/C=N)N2CCN(S(=O)(=O)Cc3ccc(B4OC(C)(C)C(C)(C)O4)cc3)CC2)CC1. The summed E-state index contributed by atoms with van der Waals surface area (Å²) < 4.78 is 73.8. The first kappa shape index (κ1) is 34.0. The molecule has 2 heterocycles. The standard InChI is InChI=1S/C32H41BF2N4O6S/c1-30(2)31(3,4)45-33(44-30)23-8-6-22(7-9-23)20-46(41,42)39-14-12-38(13-15-39)27(19-36)28(43-21-32(5)10-11-32)29(40)37-26-17-24(34)16-25(35)18-26/h6-9,16-19,36H,10-15,20-21H2,1-5H3,(H,37,40)/b28-27-,36-19?. The zero-order valence-electron chi connectivity index (χ0n) is 26.9. The van der Waals surface area contributed by atoms with E-state index in [1.807, 2.05) is 46.8 Å². The second-order valence-corrected chi connectivity index (χ2v) is 15.5. The molecular weight excluding hydrogens is 617 g/mol. The first-order valence-electron chi connectivity index (χ1n) is 15.3. The second kappa shape index (κ2) is 12.7. The molecule has 14 heteroatoms. The Bertz CT molecular complexity index is 1590. The van der Waals surface area contributed by atoms with E-state index in [9.17, 15) is 22.0 Å². The van der Waals surface area contributed by atoms with E-state index in [4.69, 9.17) is 19.5 Å². The molecule has 0 aromatic heterocycles. The Morgan fingerprint density at radius 1 is 0.978 bits per heavy atom. The number of amides is 1. The monoisotopic (exact) mass is 658 g/mol. The normalized spacial score (nSPS) is 21.0. The zero-order valence-corrected chi connectivity index (χ0v) is 27.7. The van der Waals surface area contributed by atoms with E-state index in [0.717, 1.165) is 36.7 Å². The van der Waals surface area contributed by atoms with Crippen LogP contribution in [0.15, 0.2) is 53.9 Å². The summed E-state index contributed by atoms with van der Waals surface area (Å²) in [6.45, 7) is 10.8. The Hall–Kier alpha value is -3.33. The Balaban J connectivity index is 1.25. The summed E-state index contributed by atoms with van der Waals surface area (Å²) in [5.41, 5.74) is 0.429. The van der Waals surface area contributed by atoms with Crippen LogP contribution in [0.4, 0.5) is 14.5 Å². The van der Waals surface area contributed by atoms with Crippen LogP contribution < -0.4 is 10.8 Å². The molecule has 0 spiro atoms. The van der Waals surface area contributed by atoms with Crippen molar-refractivity contribution in [3.63, 3.8) is 0 Å². The highest BCUT2D eigenvalue weighted by molar-refractivity contribution is 7.88. The maximum atomic E-state index is 13.8. The van der Waals surface area contributed by atoms with Gasteiger partial charge in [0.15, 0.2) is 0 Å². The van der Waals surface area contributed by atoms with Gasteiger partial charge in [-0.15, -0.1) is 0 Å². The molecule has 248 valence electrons. The number of carbonyl (C=O) groups is 1. The van der Waals surface area contributed by atoms with Gasteiger partial charge in [0.25, 0.3) is 5.91 Å². The predicted molar refractivity (Wildman–Crippen MR) is 172 cm³/mol. The molecule has 46 heavy (non-hydrogen) atoms. The van der Waals surface area contributed by atoms with Crippen molar-refractivity contribution in [3.05, 3.63) is 71.1 Å². The lowest BCUT2D eigenvalue weighted by atomic mass is 9.79. The third kappa shape index (κ3) is 7.62. The van der Waals surface area contributed by atoms with E-state index in [1.54, 1.807) is 17.0 Å². The average Bonchev–Trinajstić information content (AvgIpc) is 3.65. The van der Waals surface area contributed by atoms with Crippen molar-refractivity contribution < 1.29 is 36.0 Å². The average molecular weight is 659 g/mol. The summed E-state index contributed by atoms with van der Waals surface area (Å²) in [6.07, 6.45) is 2.84. The van der Waals surface area contributed by atoms with Crippen LogP contribution in [0.2, 0.25) is 0 Å². The van der Waals surface area contributed by atoms with Gasteiger partial charge in [0, 0.05) is 49.6 Å². The van der Waals surface area contributed by atoms with Crippen LogP contribution in [0.5, 0.6) is 0 Å². The summed E-state index contributed by atoms with van der Waals surface area (Å²) in [6, 6.07) is 9.83. The molecule has 3 aliphatic rings. The van der Waals surface area contributed by atoms with Crippen molar-refractivity contribution in [3.8, 4) is 0 Å². The predicted octanol–water partition coefficient (Wildman–Crippen LogP) is 4.03. The minimum Gasteiger partial charge on any atom is -0.486 e. The molecule has 2 aromatic rings. The quantitative estimate of drug-likeness (QED) is 0.162. The molecule has 2 N–H and O–H groups in total. The molecule has 1 amide bonds. The van der Waals surface area contributed by atoms with Gasteiger partial charge in [0.1, 0.15) is 17.3 Å². The molecule has 0 bridgehead atoms. The van der Waals surface area contributed by atoms with E-state index in [-0.39, 0.29) is 61.1 Å². The third-order valence-corrected chi connectivity index (χ3v) is 11.0. The molecule has 3 fully saturated rings. The fourth-order valence-electron chi connectivity index (χ4n) is 5.23. The minimum absolute atomic E-state index is 0.0921. The number of carbonyl (C=O) groups excluding carboxylic acids is 1. The zero-order chi connectivity index (χ0) is 33.5. The largest absolute Gasteiger partial charge is 0.494 e. The van der Waals surface area contributed by atoms with Gasteiger partial charge >= 0.3 is 7.12 Å². The smallest absolute Gasteiger partial charge is 0.486 e. The summed E-state index contributed by atoms with van der Waals surface area (Å²) in [5.74, 6) is -2.81. The van der Waals surface area contributed by atoms with Gasteiger partial charge in [-0.25, -0.2) is 17.2 Å². The molecule has 2 aromatic carbocycles. The maximum absolute atomic E-state index is 13.8. The van der Waals surface area contributed by atoms with Gasteiger partial charge in [0.05, 0.1) is 23.6 Å². The minimum atomic E-state index is -3.68. The fourth-order valence-corrected chi connectivity index (χ4v) is 6.75. The number of hydrogen-bond acceptors (Lipinski definition) is 8. The molecular formula is C32H41BF2N4O6S. The van der Waals surface area contributed by atoms with E-state index >= 15 is 0 Å². The van der Waals surface area contributed by atoms with Crippen LogP contribution in [0.25, 0.3) is 0 Å². The van der Waals surface area contributed by atoms with Crippen molar-refractivity contribution in [1.82, 2.24) is 9.21 Å². The van der Waals surface area contributed by atoms with Gasteiger partial charge in [-0.2, -0.15) is 4.31 Å². The van der Waals surface area contributed by atoms with Crippen LogP contribution in [0.1, 0.15) is 53.0 Å². The maximum Gasteiger partial charge on any atom is 0.494 e. The number of nitrogens with zero attached hydrogens (tertiary/aromatic N) is 2. The lowest BCUT2D eigenvalue weighted by Crippen LogP contribution is -2.49. The van der Waals surface area contributed by atoms with E-state index in [0.29, 0.717) is 11.6 Å². The van der Waals surface area contributed by atoms with Gasteiger partial charge in [0.2, 0.25) is 15.8 Å². The number of ether oxygens (including phenoxy) is 1. The van der Waals surface area contributed by atoms with Crippen molar-refractivity contribution >= 4 is 40.4 Å². The van der Waals surface area contributed by atoms with Crippen LogP contribution in [0, 0.1) is 22.5 Å². The van der Waals surface area contributed by atoms with E-state index in [1.165, 1.54) is 4.31 Å². The molecule has 5 rings (SSSR count). The number of anilines is 1. The Kier molecular flexibility index (Phi) is 9.39. The first-order valence-corrected chi connectivity index (χ1v) is 16.9. The van der Waals surface area contributed by atoms with Crippen LogP contribution in [-0.4, -0.2) is 80.9 Å². The topological polar surface area (TPSA) is 121 Å². The van der Waals surface area contributed by atoms with Crippen molar-refractivity contribution in [2.24, 2.45) is 5.41 Å². The molecule has 2 saturated heterocycles. The summed E-state index contributed by atoms with van der Waals surface area (Å²) in [4.78, 5) is 15.0. The number of piperazine rings is 1. The lowest BCUT2D eigenvalue weighted by molar-refractivity contribution is -0.116. The molecule has 0 unspecified atom stereocenters. The summed E-state index contributed by atoms with van der Waals surface area (Å²) in [7, 11) is -4.22. The third-order valence-electron chi connectivity index (χ3n) is 9.19. The Labute approximate surface area is 269 Å². The lowest BCUT2D eigenvalue weighted by Gasteiger charge is -2.36. The summed E-state index contributed by atoms with van der Waals surface area (Å²) >= 11 is 0. The van der Waals surface area contributed by atoms with Crippen molar-refractivity contribution in [2.45, 2.75) is 64.4 Å². The van der Waals surface area contributed by atoms with Crippen LogP contribution >= 0.6 is 0 Å². The van der Waals surface area contributed by atoms with Crippen LogP contribution in [-0.2, 0) is 34.6 Å². The fraction of sp³-hybridized carbons (Fsp3) is 0.500. The van der Waals surface area contributed by atoms with Crippen molar-refractivity contribution in [2.75, 3.05) is 38.1 Å². The van der Waals surface area contributed by atoms with Gasteiger partial charge in [-0.05, 0) is 63.7 Å². The first-order chi connectivity index (χ1) is 21.5. The number of hydrogen-bond donors (Lipinski definition) is 2. The number of halogens is 2. The highest BCUT2D eigenvalue weighted by atomic mass is 32.2. The van der Waals surface area contributed by atoms with Gasteiger partial charge in [-0.3, -0.25) is 4.79 Å². The number of nitrogens with one attached hydrogen (secondary N) is 2. The van der Waals surface area contributed by atoms with Gasteiger partial charge < -0.3 is 29.7 Å². The second-order valence-electron chi connectivity index (χ2n) is 13.5. The molecule has 10 nitrogen and oxygen atoms in total. The Morgan fingerprint density at radius 3 is 2.07 bits per heavy atom. The number of sulfonamides is 1. The van der Waals surface area contributed by atoms with E-state index in [2.05, 4.69) is 5.32 Å². The molecule has 1 aliphatic carbocycles.